The molecule has 2 rings (SSSR count). The smallest absolute Gasteiger partial charge is 0.0107 e. The zero-order valence-electron chi connectivity index (χ0n) is 10.7. The van der Waals surface area contributed by atoms with Gasteiger partial charge in [-0.2, -0.15) is 0 Å². The highest BCUT2D eigenvalue weighted by Gasteiger charge is 2.17. The molecule has 94 valence electrons. The summed E-state index contributed by atoms with van der Waals surface area (Å²) in [5.74, 6) is 0.993. The molecule has 2 heterocycles. The molecule has 2 aliphatic rings. The molecule has 0 atom stereocenters. The fraction of sp³-hybridized carbons (Fsp3) is 1.00. The molecule has 0 aromatic heterocycles. The Kier molecular flexibility index (Phi) is 5.07. The van der Waals surface area contributed by atoms with Crippen LogP contribution >= 0.6 is 0 Å². The second kappa shape index (κ2) is 6.58. The summed E-state index contributed by atoms with van der Waals surface area (Å²) in [6.07, 6.45) is 5.59. The Morgan fingerprint density at radius 1 is 1.06 bits per heavy atom. The molecule has 1 N–H and O–H groups in total. The van der Waals surface area contributed by atoms with Crippen molar-refractivity contribution in [3.8, 4) is 0 Å². The van der Waals surface area contributed by atoms with E-state index in [1.807, 2.05) is 0 Å². The van der Waals surface area contributed by atoms with Crippen LogP contribution in [0.2, 0.25) is 0 Å². The lowest BCUT2D eigenvalue weighted by atomic mass is 9.93. The van der Waals surface area contributed by atoms with Crippen LogP contribution in [0.4, 0.5) is 0 Å². The van der Waals surface area contributed by atoms with Gasteiger partial charge in [-0.05, 0) is 71.4 Å². The standard InChI is InChI=1S/C13H27N3/c1-15-9-3-13(4-10-15)5-11-16-8-2-6-14-7-12-16/h13-14H,2-12H2,1H3. The predicted molar refractivity (Wildman–Crippen MR) is 68.8 cm³/mol. The Morgan fingerprint density at radius 2 is 1.88 bits per heavy atom. The predicted octanol–water partition coefficient (Wildman–Crippen LogP) is 1.01. The van der Waals surface area contributed by atoms with E-state index >= 15 is 0 Å². The molecule has 0 unspecified atom stereocenters. The van der Waals surface area contributed by atoms with Gasteiger partial charge in [0.1, 0.15) is 0 Å². The topological polar surface area (TPSA) is 18.5 Å². The first-order valence-electron chi connectivity index (χ1n) is 6.96. The molecule has 0 aromatic rings. The highest BCUT2D eigenvalue weighted by Crippen LogP contribution is 2.19. The number of nitrogens with one attached hydrogen (secondary N) is 1. The minimum Gasteiger partial charge on any atom is -0.315 e. The van der Waals surface area contributed by atoms with Crippen LogP contribution in [0.5, 0.6) is 0 Å². The van der Waals surface area contributed by atoms with E-state index < -0.39 is 0 Å². The summed E-state index contributed by atoms with van der Waals surface area (Å²) in [5.41, 5.74) is 0. The molecule has 16 heavy (non-hydrogen) atoms. The Bertz CT molecular complexity index is 180. The van der Waals surface area contributed by atoms with Gasteiger partial charge in [-0.15, -0.1) is 0 Å². The van der Waals surface area contributed by atoms with Crippen LogP contribution in [0.15, 0.2) is 0 Å². The van der Waals surface area contributed by atoms with Gasteiger partial charge in [-0.25, -0.2) is 0 Å². The van der Waals surface area contributed by atoms with E-state index in [0.29, 0.717) is 0 Å². The van der Waals surface area contributed by atoms with Crippen molar-refractivity contribution in [2.24, 2.45) is 5.92 Å². The molecule has 0 radical (unpaired) electrons. The molecule has 2 saturated heterocycles. The van der Waals surface area contributed by atoms with E-state index in [4.69, 9.17) is 0 Å². The first-order chi connectivity index (χ1) is 7.84. The average molecular weight is 225 g/mol. The van der Waals surface area contributed by atoms with Gasteiger partial charge in [0.25, 0.3) is 0 Å². The average Bonchev–Trinajstić information content (AvgIpc) is 2.57. The van der Waals surface area contributed by atoms with Crippen LogP contribution < -0.4 is 5.32 Å². The van der Waals surface area contributed by atoms with Gasteiger partial charge < -0.3 is 15.1 Å². The maximum absolute atomic E-state index is 3.47. The van der Waals surface area contributed by atoms with Crippen LogP contribution in [-0.4, -0.2) is 62.7 Å². The van der Waals surface area contributed by atoms with Crippen molar-refractivity contribution < 1.29 is 0 Å². The molecular formula is C13H27N3. The third-order valence-electron chi connectivity index (χ3n) is 4.12. The van der Waals surface area contributed by atoms with Crippen molar-refractivity contribution in [2.45, 2.75) is 25.7 Å². The van der Waals surface area contributed by atoms with Gasteiger partial charge in [0.05, 0.1) is 0 Å². The second-order valence-corrected chi connectivity index (χ2v) is 5.48. The molecule has 0 amide bonds. The molecule has 2 aliphatic heterocycles. The van der Waals surface area contributed by atoms with E-state index in [0.717, 1.165) is 5.92 Å². The van der Waals surface area contributed by atoms with E-state index in [1.165, 1.54) is 71.5 Å². The molecule has 0 saturated carbocycles. The van der Waals surface area contributed by atoms with Gasteiger partial charge in [-0.1, -0.05) is 0 Å². The first-order valence-corrected chi connectivity index (χ1v) is 6.96. The normalized spacial score (nSPS) is 26.8. The maximum atomic E-state index is 3.47. The summed E-state index contributed by atoms with van der Waals surface area (Å²) in [4.78, 5) is 5.12. The quantitative estimate of drug-likeness (QED) is 0.773. The minimum absolute atomic E-state index is 0.993. The summed E-state index contributed by atoms with van der Waals surface area (Å²) in [6.45, 7) is 8.92. The minimum atomic E-state index is 0.993. The largest absolute Gasteiger partial charge is 0.315 e. The Hall–Kier alpha value is -0.120. The second-order valence-electron chi connectivity index (χ2n) is 5.48. The van der Waals surface area contributed by atoms with Gasteiger partial charge in [0.15, 0.2) is 0 Å². The zero-order valence-corrected chi connectivity index (χ0v) is 10.7. The van der Waals surface area contributed by atoms with Crippen LogP contribution in [0.25, 0.3) is 0 Å². The molecular weight excluding hydrogens is 198 g/mol. The van der Waals surface area contributed by atoms with Gasteiger partial charge >= 0.3 is 0 Å². The number of hydrogen-bond donors (Lipinski definition) is 1. The van der Waals surface area contributed by atoms with Crippen molar-refractivity contribution in [3.05, 3.63) is 0 Å². The van der Waals surface area contributed by atoms with Crippen molar-refractivity contribution in [2.75, 3.05) is 52.9 Å². The Balaban J connectivity index is 1.62. The summed E-state index contributed by atoms with van der Waals surface area (Å²) < 4.78 is 0. The molecule has 0 aromatic carbocycles. The summed E-state index contributed by atoms with van der Waals surface area (Å²) in [7, 11) is 2.25. The fourth-order valence-corrected chi connectivity index (χ4v) is 2.84. The maximum Gasteiger partial charge on any atom is 0.0107 e. The molecule has 3 nitrogen and oxygen atoms in total. The lowest BCUT2D eigenvalue weighted by Crippen LogP contribution is -2.34. The number of piperidine rings is 1. The van der Waals surface area contributed by atoms with Crippen molar-refractivity contribution in [1.29, 1.82) is 0 Å². The summed E-state index contributed by atoms with van der Waals surface area (Å²) in [5, 5.41) is 3.47. The monoisotopic (exact) mass is 225 g/mol. The number of nitrogens with zero attached hydrogens (tertiary/aromatic N) is 2. The molecule has 0 bridgehead atoms. The lowest BCUT2D eigenvalue weighted by molar-refractivity contribution is 0.189. The number of hydrogen-bond acceptors (Lipinski definition) is 3. The third kappa shape index (κ3) is 4.04. The van der Waals surface area contributed by atoms with Crippen LogP contribution in [-0.2, 0) is 0 Å². The van der Waals surface area contributed by atoms with Gasteiger partial charge in [-0.3, -0.25) is 0 Å². The van der Waals surface area contributed by atoms with E-state index in [2.05, 4.69) is 22.2 Å². The number of likely N-dealkylation sites (tertiary alicyclic amines) is 1. The SMILES string of the molecule is CN1CCC(CCN2CCCNCC2)CC1. The van der Waals surface area contributed by atoms with E-state index in [9.17, 15) is 0 Å². The van der Waals surface area contributed by atoms with Crippen LogP contribution in [0.1, 0.15) is 25.7 Å². The summed E-state index contributed by atoms with van der Waals surface area (Å²) >= 11 is 0. The highest BCUT2D eigenvalue weighted by molar-refractivity contribution is 4.73. The zero-order chi connectivity index (χ0) is 11.2. The van der Waals surface area contributed by atoms with Crippen molar-refractivity contribution in [1.82, 2.24) is 15.1 Å². The highest BCUT2D eigenvalue weighted by atomic mass is 15.1. The van der Waals surface area contributed by atoms with Crippen molar-refractivity contribution in [3.63, 3.8) is 0 Å². The lowest BCUT2D eigenvalue weighted by Gasteiger charge is -2.30. The fourth-order valence-electron chi connectivity index (χ4n) is 2.84. The molecule has 0 aliphatic carbocycles. The van der Waals surface area contributed by atoms with Crippen LogP contribution in [0.3, 0.4) is 0 Å². The third-order valence-corrected chi connectivity index (χ3v) is 4.12. The van der Waals surface area contributed by atoms with Gasteiger partial charge in [0, 0.05) is 13.1 Å². The Labute approximate surface area is 100 Å². The Morgan fingerprint density at radius 3 is 2.69 bits per heavy atom. The first kappa shape index (κ1) is 12.3. The van der Waals surface area contributed by atoms with Crippen LogP contribution in [0, 0.1) is 5.92 Å². The van der Waals surface area contributed by atoms with Crippen molar-refractivity contribution >= 4 is 0 Å². The molecule has 2 fully saturated rings. The van der Waals surface area contributed by atoms with E-state index in [-0.39, 0.29) is 0 Å². The molecule has 3 heteroatoms. The molecule has 0 spiro atoms. The van der Waals surface area contributed by atoms with Gasteiger partial charge in [0.2, 0.25) is 0 Å². The van der Waals surface area contributed by atoms with E-state index in [1.54, 1.807) is 0 Å². The summed E-state index contributed by atoms with van der Waals surface area (Å²) in [6, 6.07) is 0. The number of rotatable bonds is 3.